The maximum atomic E-state index is 11.5. The second kappa shape index (κ2) is 6.27. The number of hydrogen-bond acceptors (Lipinski definition) is 7. The molecule has 20 heavy (non-hydrogen) atoms. The molecule has 0 aromatic heterocycles. The smallest absolute Gasteiger partial charge is 0.344 e. The van der Waals surface area contributed by atoms with E-state index in [1.165, 1.54) is 0 Å². The van der Waals surface area contributed by atoms with Crippen LogP contribution in [0, 0.1) is 10.1 Å². The molecule has 0 saturated heterocycles. The summed E-state index contributed by atoms with van der Waals surface area (Å²) in [5.41, 5.74) is -1.37. The first kappa shape index (κ1) is 15.1. The zero-order chi connectivity index (χ0) is 15.3. The quantitative estimate of drug-likeness (QED) is 0.365. The molecule has 1 N–H and O–H groups in total. The van der Waals surface area contributed by atoms with Crippen molar-refractivity contribution in [3.05, 3.63) is 33.4 Å². The van der Waals surface area contributed by atoms with Gasteiger partial charge in [0.2, 0.25) is 6.41 Å². The Morgan fingerprint density at radius 3 is 2.20 bits per heavy atom. The number of carbonyl (C=O) groups is 3. The molecule has 9 heteroatoms. The van der Waals surface area contributed by atoms with Gasteiger partial charge in [-0.05, 0) is 6.07 Å². The maximum Gasteiger partial charge on any atom is 0.344 e. The van der Waals surface area contributed by atoms with Gasteiger partial charge in [-0.1, -0.05) is 0 Å². The minimum Gasteiger partial charge on any atom is -0.465 e. The minimum atomic E-state index is -0.970. The summed E-state index contributed by atoms with van der Waals surface area (Å²) in [5, 5.41) is 13.1. The third kappa shape index (κ3) is 2.88. The average Bonchev–Trinajstić information content (AvgIpc) is 2.45. The van der Waals surface area contributed by atoms with E-state index in [-0.39, 0.29) is 17.7 Å². The second-order valence-electron chi connectivity index (χ2n) is 3.42. The van der Waals surface area contributed by atoms with E-state index < -0.39 is 28.1 Å². The number of nitrogens with zero attached hydrogens (tertiary/aromatic N) is 1. The first-order chi connectivity index (χ1) is 9.46. The molecule has 0 saturated carbocycles. The zero-order valence-corrected chi connectivity index (χ0v) is 10.5. The van der Waals surface area contributed by atoms with E-state index in [0.717, 1.165) is 26.4 Å². The van der Waals surface area contributed by atoms with E-state index in [9.17, 15) is 24.5 Å². The van der Waals surface area contributed by atoms with Gasteiger partial charge in [-0.25, -0.2) is 9.59 Å². The largest absolute Gasteiger partial charge is 0.465 e. The molecule has 0 atom stereocenters. The first-order valence-electron chi connectivity index (χ1n) is 5.15. The number of ether oxygens (including phenoxy) is 2. The van der Waals surface area contributed by atoms with E-state index in [1.807, 2.05) is 0 Å². The van der Waals surface area contributed by atoms with E-state index in [0.29, 0.717) is 0 Å². The van der Waals surface area contributed by atoms with Gasteiger partial charge in [-0.3, -0.25) is 14.9 Å². The van der Waals surface area contributed by atoms with Gasteiger partial charge in [0.15, 0.2) is 0 Å². The van der Waals surface area contributed by atoms with Crippen molar-refractivity contribution in [1.29, 1.82) is 0 Å². The van der Waals surface area contributed by atoms with Gasteiger partial charge in [0.05, 0.1) is 30.4 Å². The molecule has 9 nitrogen and oxygen atoms in total. The highest BCUT2D eigenvalue weighted by Gasteiger charge is 2.26. The van der Waals surface area contributed by atoms with Crippen LogP contribution in [0.15, 0.2) is 12.1 Å². The number of nitro groups is 1. The summed E-state index contributed by atoms with van der Waals surface area (Å²) in [7, 11) is 2.13. The van der Waals surface area contributed by atoms with Crippen LogP contribution < -0.4 is 5.32 Å². The Labute approximate surface area is 112 Å². The lowest BCUT2D eigenvalue weighted by atomic mass is 10.1. The van der Waals surface area contributed by atoms with Crippen LogP contribution in [-0.2, 0) is 14.3 Å². The molecule has 1 amide bonds. The summed E-state index contributed by atoms with van der Waals surface area (Å²) in [6, 6.07) is 1.81. The van der Waals surface area contributed by atoms with Crippen LogP contribution in [-0.4, -0.2) is 37.5 Å². The van der Waals surface area contributed by atoms with Crippen molar-refractivity contribution in [2.24, 2.45) is 0 Å². The van der Waals surface area contributed by atoms with Crippen molar-refractivity contribution in [1.82, 2.24) is 0 Å². The molecular weight excluding hydrogens is 272 g/mol. The van der Waals surface area contributed by atoms with E-state index >= 15 is 0 Å². The predicted octanol–water partition coefficient (Wildman–Crippen LogP) is 0.736. The predicted molar refractivity (Wildman–Crippen MR) is 65.5 cm³/mol. The van der Waals surface area contributed by atoms with Crippen LogP contribution in [0.1, 0.15) is 20.7 Å². The molecule has 106 valence electrons. The fraction of sp³-hybridized carbons (Fsp3) is 0.182. The molecule has 0 heterocycles. The molecular formula is C11H10N2O7. The van der Waals surface area contributed by atoms with Gasteiger partial charge in [-0.15, -0.1) is 0 Å². The molecule has 0 bridgehead atoms. The standard InChI is InChI=1S/C11H10N2O7/c1-19-10(15)6-4-9(13(17)18)7(11(16)20-2)3-8(6)12-5-14/h3-5H,1-2H3,(H,12,14). The van der Waals surface area contributed by atoms with Gasteiger partial charge in [0.1, 0.15) is 5.56 Å². The fourth-order valence-electron chi connectivity index (χ4n) is 1.47. The Morgan fingerprint density at radius 1 is 1.20 bits per heavy atom. The average molecular weight is 282 g/mol. The Hall–Kier alpha value is -2.97. The van der Waals surface area contributed by atoms with Crippen molar-refractivity contribution < 1.29 is 28.8 Å². The summed E-state index contributed by atoms with van der Waals surface area (Å²) in [6.07, 6.45) is 0.259. The fourth-order valence-corrected chi connectivity index (χ4v) is 1.47. The van der Waals surface area contributed by atoms with Gasteiger partial charge in [0.25, 0.3) is 5.69 Å². The van der Waals surface area contributed by atoms with Crippen LogP contribution in [0.3, 0.4) is 0 Å². The Morgan fingerprint density at radius 2 is 1.75 bits per heavy atom. The zero-order valence-electron chi connectivity index (χ0n) is 10.5. The summed E-state index contributed by atoms with van der Waals surface area (Å²) in [5.74, 6) is -1.86. The molecule has 0 aliphatic rings. The number of rotatable bonds is 5. The minimum absolute atomic E-state index is 0.0992. The molecule has 0 aliphatic carbocycles. The third-order valence-corrected chi connectivity index (χ3v) is 2.36. The van der Waals surface area contributed by atoms with Crippen LogP contribution >= 0.6 is 0 Å². The van der Waals surface area contributed by atoms with Crippen molar-refractivity contribution in [3.8, 4) is 0 Å². The first-order valence-corrected chi connectivity index (χ1v) is 5.15. The van der Waals surface area contributed by atoms with E-state index in [1.54, 1.807) is 0 Å². The number of hydrogen-bond donors (Lipinski definition) is 1. The van der Waals surface area contributed by atoms with Crippen molar-refractivity contribution in [3.63, 3.8) is 0 Å². The number of anilines is 1. The number of amides is 1. The van der Waals surface area contributed by atoms with Crippen LogP contribution in [0.25, 0.3) is 0 Å². The molecule has 0 fully saturated rings. The number of carbonyl (C=O) groups excluding carboxylic acids is 3. The Bertz CT molecular complexity index is 582. The highest BCUT2D eigenvalue weighted by Crippen LogP contribution is 2.28. The number of nitrogens with one attached hydrogen (secondary N) is 1. The third-order valence-electron chi connectivity index (χ3n) is 2.36. The number of benzene rings is 1. The lowest BCUT2D eigenvalue weighted by Gasteiger charge is -2.09. The highest BCUT2D eigenvalue weighted by molar-refractivity contribution is 6.03. The van der Waals surface area contributed by atoms with Gasteiger partial charge >= 0.3 is 11.9 Å². The van der Waals surface area contributed by atoms with Gasteiger partial charge < -0.3 is 14.8 Å². The van der Waals surface area contributed by atoms with Gasteiger partial charge in [0, 0.05) is 6.07 Å². The second-order valence-corrected chi connectivity index (χ2v) is 3.42. The highest BCUT2D eigenvalue weighted by atomic mass is 16.6. The maximum absolute atomic E-state index is 11.5. The molecule has 1 aromatic rings. The molecule has 0 unspecified atom stereocenters. The molecule has 0 aliphatic heterocycles. The number of nitro benzene ring substituents is 1. The summed E-state index contributed by atoms with van der Waals surface area (Å²) in [6.45, 7) is 0. The molecule has 1 rings (SSSR count). The number of methoxy groups -OCH3 is 2. The Balaban J connectivity index is 3.58. The Kier molecular flexibility index (Phi) is 4.73. The topological polar surface area (TPSA) is 125 Å². The van der Waals surface area contributed by atoms with Gasteiger partial charge in [-0.2, -0.15) is 0 Å². The van der Waals surface area contributed by atoms with Crippen molar-refractivity contribution >= 4 is 29.7 Å². The summed E-state index contributed by atoms with van der Waals surface area (Å²) in [4.78, 5) is 43.6. The van der Waals surface area contributed by atoms with Crippen LogP contribution in [0.5, 0.6) is 0 Å². The monoisotopic (exact) mass is 282 g/mol. The summed E-state index contributed by atoms with van der Waals surface area (Å²) >= 11 is 0. The normalized spacial score (nSPS) is 9.50. The SMILES string of the molecule is COC(=O)c1cc([N+](=O)[O-])c(C(=O)OC)cc1NC=O. The van der Waals surface area contributed by atoms with E-state index in [4.69, 9.17) is 0 Å². The lowest BCUT2D eigenvalue weighted by Crippen LogP contribution is -2.12. The van der Waals surface area contributed by atoms with Crippen molar-refractivity contribution in [2.75, 3.05) is 19.5 Å². The van der Waals surface area contributed by atoms with Crippen LogP contribution in [0.4, 0.5) is 11.4 Å². The lowest BCUT2D eigenvalue weighted by molar-refractivity contribution is -0.385. The summed E-state index contributed by atoms with van der Waals surface area (Å²) < 4.78 is 8.86. The molecule has 1 aromatic carbocycles. The van der Waals surface area contributed by atoms with Crippen molar-refractivity contribution in [2.45, 2.75) is 0 Å². The van der Waals surface area contributed by atoms with E-state index in [2.05, 4.69) is 14.8 Å². The number of esters is 2. The van der Waals surface area contributed by atoms with Crippen LogP contribution in [0.2, 0.25) is 0 Å². The molecule has 0 radical (unpaired) electrons. The molecule has 0 spiro atoms.